The second-order valence-corrected chi connectivity index (χ2v) is 9.66. The van der Waals surface area contributed by atoms with Gasteiger partial charge in [-0.1, -0.05) is 35.6 Å². The Hall–Kier alpha value is -3.92. The maximum Gasteiger partial charge on any atom is 0.261 e. The molecule has 1 fully saturated rings. The van der Waals surface area contributed by atoms with Gasteiger partial charge in [0.2, 0.25) is 16.9 Å². The lowest BCUT2D eigenvalue weighted by Gasteiger charge is -2.16. The lowest BCUT2D eigenvalue weighted by Crippen LogP contribution is -2.31. The van der Waals surface area contributed by atoms with E-state index in [0.717, 1.165) is 11.3 Å². The number of hydrogen-bond donors (Lipinski definition) is 1. The second-order valence-electron chi connectivity index (χ2n) is 8.65. The molecule has 35 heavy (non-hydrogen) atoms. The molecule has 0 spiro atoms. The molecule has 1 N–H and O–H groups in total. The molecule has 0 saturated carbocycles. The number of carbonyl (C=O) groups is 4. The van der Waals surface area contributed by atoms with Crippen LogP contribution >= 0.6 is 11.3 Å². The lowest BCUT2D eigenvalue weighted by atomic mass is 10.1. The van der Waals surface area contributed by atoms with Crippen molar-refractivity contribution in [3.05, 3.63) is 70.2 Å². The molecule has 2 aliphatic rings. The van der Waals surface area contributed by atoms with Gasteiger partial charge < -0.3 is 10.2 Å². The fraction of sp³-hybridized carbons (Fsp3) is 0.280. The molecule has 3 aromatic rings. The molecule has 5 rings (SSSR count). The Morgan fingerprint density at radius 3 is 2.51 bits per heavy atom. The fourth-order valence-corrected chi connectivity index (χ4v) is 5.24. The standard InChI is InChI=1S/C25H23N5O4S/c1-15-6-4-7-17(12-15)30-14-16(13-21(30)32)22-27-28-25(35-22)26-20(31)10-5-11-29-23(33)18-8-2-3-9-19(18)24(29)34/h2-4,6-9,12,16H,5,10-11,13-14H2,1H3,(H,26,28,31). The molecule has 9 nitrogen and oxygen atoms in total. The number of anilines is 2. The maximum atomic E-state index is 12.6. The van der Waals surface area contributed by atoms with E-state index in [0.29, 0.717) is 40.7 Å². The smallest absolute Gasteiger partial charge is 0.261 e. The molecule has 3 heterocycles. The number of aromatic nitrogens is 2. The van der Waals surface area contributed by atoms with Crippen molar-refractivity contribution >= 4 is 45.8 Å². The fourth-order valence-electron chi connectivity index (χ4n) is 4.39. The number of carbonyl (C=O) groups excluding carboxylic acids is 4. The summed E-state index contributed by atoms with van der Waals surface area (Å²) in [6.45, 7) is 2.67. The highest BCUT2D eigenvalue weighted by atomic mass is 32.1. The molecule has 4 amide bonds. The topological polar surface area (TPSA) is 113 Å². The van der Waals surface area contributed by atoms with Gasteiger partial charge in [-0.25, -0.2) is 0 Å². The van der Waals surface area contributed by atoms with Gasteiger partial charge >= 0.3 is 0 Å². The van der Waals surface area contributed by atoms with Crippen molar-refractivity contribution in [3.63, 3.8) is 0 Å². The molecule has 1 saturated heterocycles. The highest BCUT2D eigenvalue weighted by molar-refractivity contribution is 7.15. The summed E-state index contributed by atoms with van der Waals surface area (Å²) < 4.78 is 0. The molecular weight excluding hydrogens is 466 g/mol. The first-order valence-corrected chi connectivity index (χ1v) is 12.2. The van der Waals surface area contributed by atoms with Gasteiger partial charge in [0.25, 0.3) is 11.8 Å². The van der Waals surface area contributed by atoms with Crippen molar-refractivity contribution in [2.45, 2.75) is 32.1 Å². The van der Waals surface area contributed by atoms with Crippen LogP contribution in [0.2, 0.25) is 0 Å². The Kier molecular flexibility index (Phi) is 6.12. The third kappa shape index (κ3) is 4.57. The van der Waals surface area contributed by atoms with Crippen LogP contribution in [0.3, 0.4) is 0 Å². The van der Waals surface area contributed by atoms with Crippen molar-refractivity contribution in [3.8, 4) is 0 Å². The first-order chi connectivity index (χ1) is 16.9. The summed E-state index contributed by atoms with van der Waals surface area (Å²) in [4.78, 5) is 52.7. The first-order valence-electron chi connectivity index (χ1n) is 11.4. The highest BCUT2D eigenvalue weighted by Gasteiger charge is 2.35. The Morgan fingerprint density at radius 1 is 1.06 bits per heavy atom. The molecule has 2 aliphatic heterocycles. The van der Waals surface area contributed by atoms with Crippen LogP contribution in [0.1, 0.15) is 56.5 Å². The van der Waals surface area contributed by atoms with E-state index in [4.69, 9.17) is 0 Å². The van der Waals surface area contributed by atoms with Crippen molar-refractivity contribution in [1.82, 2.24) is 15.1 Å². The first kappa shape index (κ1) is 22.9. The number of benzene rings is 2. The molecule has 1 aromatic heterocycles. The van der Waals surface area contributed by atoms with Gasteiger partial charge in [-0.05, 0) is 43.2 Å². The molecule has 1 unspecified atom stereocenters. The van der Waals surface area contributed by atoms with Gasteiger partial charge in [0, 0.05) is 37.5 Å². The summed E-state index contributed by atoms with van der Waals surface area (Å²) in [5.74, 6) is -0.973. The SMILES string of the molecule is Cc1cccc(N2CC(c3nnc(NC(=O)CCCN4C(=O)c5ccccc5C4=O)s3)CC2=O)c1. The van der Waals surface area contributed by atoms with Crippen LogP contribution in [0.15, 0.2) is 48.5 Å². The van der Waals surface area contributed by atoms with Crippen LogP contribution in [0.4, 0.5) is 10.8 Å². The Balaban J connectivity index is 1.13. The van der Waals surface area contributed by atoms with E-state index < -0.39 is 0 Å². The number of rotatable bonds is 7. The Labute approximate surface area is 205 Å². The summed E-state index contributed by atoms with van der Waals surface area (Å²) in [6.07, 6.45) is 0.813. The quantitative estimate of drug-likeness (QED) is 0.509. The summed E-state index contributed by atoms with van der Waals surface area (Å²) >= 11 is 1.26. The second kappa shape index (κ2) is 9.38. The normalized spacial score (nSPS) is 17.3. The van der Waals surface area contributed by atoms with Gasteiger partial charge in [-0.3, -0.25) is 24.1 Å². The largest absolute Gasteiger partial charge is 0.312 e. The average molecular weight is 490 g/mol. The predicted molar refractivity (Wildman–Crippen MR) is 130 cm³/mol. The van der Waals surface area contributed by atoms with E-state index in [1.54, 1.807) is 29.2 Å². The van der Waals surface area contributed by atoms with E-state index in [9.17, 15) is 19.2 Å². The number of aryl methyl sites for hydroxylation is 1. The number of imide groups is 1. The number of nitrogens with zero attached hydrogens (tertiary/aromatic N) is 4. The Bertz CT molecular complexity index is 1300. The molecule has 178 valence electrons. The average Bonchev–Trinajstić information content (AvgIpc) is 3.52. The Morgan fingerprint density at radius 2 is 1.80 bits per heavy atom. The van der Waals surface area contributed by atoms with E-state index in [2.05, 4.69) is 15.5 Å². The molecule has 0 bridgehead atoms. The zero-order chi connectivity index (χ0) is 24.5. The summed E-state index contributed by atoms with van der Waals surface area (Å²) in [5.41, 5.74) is 2.75. The van der Waals surface area contributed by atoms with Gasteiger partial charge in [-0.2, -0.15) is 0 Å². The van der Waals surface area contributed by atoms with E-state index >= 15 is 0 Å². The van der Waals surface area contributed by atoms with Crippen LogP contribution < -0.4 is 10.2 Å². The number of fused-ring (bicyclic) bond motifs is 1. The monoisotopic (exact) mass is 489 g/mol. The van der Waals surface area contributed by atoms with E-state index in [-0.39, 0.29) is 42.5 Å². The molecule has 0 aliphatic carbocycles. The van der Waals surface area contributed by atoms with Crippen molar-refractivity contribution in [1.29, 1.82) is 0 Å². The number of hydrogen-bond acceptors (Lipinski definition) is 7. The highest BCUT2D eigenvalue weighted by Crippen LogP contribution is 2.34. The van der Waals surface area contributed by atoms with Crippen LogP contribution in [-0.2, 0) is 9.59 Å². The molecule has 1 atom stereocenters. The molecule has 10 heteroatoms. The minimum atomic E-state index is -0.328. The zero-order valence-corrected chi connectivity index (χ0v) is 19.9. The maximum absolute atomic E-state index is 12.6. The number of nitrogens with one attached hydrogen (secondary N) is 1. The summed E-state index contributed by atoms with van der Waals surface area (Å²) in [5, 5.41) is 12.1. The van der Waals surface area contributed by atoms with E-state index in [1.165, 1.54) is 16.2 Å². The third-order valence-corrected chi connectivity index (χ3v) is 7.14. The van der Waals surface area contributed by atoms with Gasteiger partial charge in [0.15, 0.2) is 0 Å². The predicted octanol–water partition coefficient (Wildman–Crippen LogP) is 3.38. The van der Waals surface area contributed by atoms with Crippen molar-refractivity contribution in [2.24, 2.45) is 0 Å². The van der Waals surface area contributed by atoms with Crippen molar-refractivity contribution in [2.75, 3.05) is 23.3 Å². The molecule has 2 aromatic carbocycles. The third-order valence-electron chi connectivity index (χ3n) is 6.14. The molecular formula is C25H23N5O4S. The van der Waals surface area contributed by atoms with Crippen LogP contribution in [0.25, 0.3) is 0 Å². The summed E-state index contributed by atoms with van der Waals surface area (Å²) in [7, 11) is 0. The van der Waals surface area contributed by atoms with Crippen LogP contribution in [0, 0.1) is 6.92 Å². The number of amides is 4. The van der Waals surface area contributed by atoms with Gasteiger partial charge in [-0.15, -0.1) is 10.2 Å². The van der Waals surface area contributed by atoms with Crippen molar-refractivity contribution < 1.29 is 19.2 Å². The van der Waals surface area contributed by atoms with Gasteiger partial charge in [0.05, 0.1) is 11.1 Å². The zero-order valence-electron chi connectivity index (χ0n) is 19.1. The minimum Gasteiger partial charge on any atom is -0.312 e. The van der Waals surface area contributed by atoms with Crippen LogP contribution in [-0.4, -0.2) is 51.8 Å². The summed E-state index contributed by atoms with van der Waals surface area (Å²) in [6, 6.07) is 14.5. The van der Waals surface area contributed by atoms with E-state index in [1.807, 2.05) is 31.2 Å². The lowest BCUT2D eigenvalue weighted by molar-refractivity contribution is -0.117. The van der Waals surface area contributed by atoms with Crippen LogP contribution in [0.5, 0.6) is 0 Å². The molecule has 0 radical (unpaired) electrons. The minimum absolute atomic E-state index is 0.0366. The van der Waals surface area contributed by atoms with Gasteiger partial charge in [0.1, 0.15) is 5.01 Å².